The smallest absolute Gasteiger partial charge is 0.335 e. The van der Waals surface area contributed by atoms with E-state index in [0.717, 1.165) is 0 Å². The van der Waals surface area contributed by atoms with E-state index in [2.05, 4.69) is 15.9 Å². The Bertz CT molecular complexity index is 243. The average molecular weight is 290 g/mol. The van der Waals surface area contributed by atoms with E-state index in [1.165, 1.54) is 6.92 Å². The maximum absolute atomic E-state index is 12.0. The van der Waals surface area contributed by atoms with E-state index >= 15 is 0 Å². The standard InChI is InChI=1S/C8H11BrF3NO2/c1-2-13(4-3-6(14)5-9)7(15)8(10,11)12/h2-5H2,1H3. The molecule has 0 aliphatic carbocycles. The number of amides is 1. The molecule has 0 aliphatic heterocycles. The Labute approximate surface area is 93.7 Å². The Kier molecular flexibility index (Phi) is 5.85. The highest BCUT2D eigenvalue weighted by Gasteiger charge is 2.41. The maximum Gasteiger partial charge on any atom is 0.471 e. The molecule has 0 aromatic rings. The molecule has 0 spiro atoms. The van der Waals surface area contributed by atoms with Crippen molar-refractivity contribution in [3.8, 4) is 0 Å². The Morgan fingerprint density at radius 3 is 2.20 bits per heavy atom. The van der Waals surface area contributed by atoms with Crippen molar-refractivity contribution in [3.05, 3.63) is 0 Å². The molecule has 0 rings (SSSR count). The normalized spacial score (nSPS) is 11.3. The summed E-state index contributed by atoms with van der Waals surface area (Å²) >= 11 is 2.89. The van der Waals surface area contributed by atoms with E-state index < -0.39 is 12.1 Å². The van der Waals surface area contributed by atoms with Gasteiger partial charge in [0.25, 0.3) is 0 Å². The van der Waals surface area contributed by atoms with E-state index in [9.17, 15) is 22.8 Å². The quantitative estimate of drug-likeness (QED) is 0.723. The van der Waals surface area contributed by atoms with Crippen LogP contribution in [0.2, 0.25) is 0 Å². The molecule has 0 bridgehead atoms. The molecule has 0 saturated heterocycles. The van der Waals surface area contributed by atoms with Crippen LogP contribution in [0.5, 0.6) is 0 Å². The van der Waals surface area contributed by atoms with Crippen LogP contribution in [-0.4, -0.2) is 41.2 Å². The van der Waals surface area contributed by atoms with Gasteiger partial charge in [0.15, 0.2) is 0 Å². The number of hydrogen-bond donors (Lipinski definition) is 0. The number of carbonyl (C=O) groups is 2. The lowest BCUT2D eigenvalue weighted by Crippen LogP contribution is -2.42. The molecule has 88 valence electrons. The third-order valence-corrected chi connectivity index (χ3v) is 2.35. The van der Waals surface area contributed by atoms with Crippen molar-refractivity contribution in [1.29, 1.82) is 0 Å². The summed E-state index contributed by atoms with van der Waals surface area (Å²) in [5, 5.41) is 0.0881. The van der Waals surface area contributed by atoms with Crippen molar-refractivity contribution in [1.82, 2.24) is 4.90 Å². The molecule has 0 radical (unpaired) electrons. The second-order valence-electron chi connectivity index (χ2n) is 2.80. The minimum atomic E-state index is -4.87. The molecular formula is C8H11BrF3NO2. The summed E-state index contributed by atoms with van der Waals surface area (Å²) in [6, 6.07) is 0. The zero-order valence-electron chi connectivity index (χ0n) is 8.10. The SMILES string of the molecule is CCN(CCC(=O)CBr)C(=O)C(F)(F)F. The van der Waals surface area contributed by atoms with Crippen LogP contribution in [0, 0.1) is 0 Å². The molecule has 1 amide bonds. The van der Waals surface area contributed by atoms with Gasteiger partial charge < -0.3 is 4.90 Å². The third kappa shape index (κ3) is 5.15. The molecule has 0 saturated carbocycles. The molecule has 0 aromatic heterocycles. The molecule has 0 atom stereocenters. The minimum Gasteiger partial charge on any atom is -0.335 e. The number of hydrogen-bond acceptors (Lipinski definition) is 2. The van der Waals surface area contributed by atoms with Gasteiger partial charge in [-0.15, -0.1) is 0 Å². The second-order valence-corrected chi connectivity index (χ2v) is 3.37. The first-order valence-electron chi connectivity index (χ1n) is 4.26. The number of carbonyl (C=O) groups excluding carboxylic acids is 2. The Balaban J connectivity index is 4.26. The molecule has 15 heavy (non-hydrogen) atoms. The van der Waals surface area contributed by atoms with Crippen LogP contribution >= 0.6 is 15.9 Å². The Morgan fingerprint density at radius 1 is 1.33 bits per heavy atom. The van der Waals surface area contributed by atoms with E-state index in [1.807, 2.05) is 0 Å². The van der Waals surface area contributed by atoms with Crippen LogP contribution in [0.25, 0.3) is 0 Å². The van der Waals surface area contributed by atoms with Crippen LogP contribution in [-0.2, 0) is 9.59 Å². The molecule has 7 heteroatoms. The van der Waals surface area contributed by atoms with Gasteiger partial charge >= 0.3 is 12.1 Å². The molecule has 0 N–H and O–H groups in total. The maximum atomic E-state index is 12.0. The summed E-state index contributed by atoms with van der Waals surface area (Å²) in [6.07, 6.45) is -4.94. The van der Waals surface area contributed by atoms with Crippen LogP contribution in [0.4, 0.5) is 13.2 Å². The molecule has 0 heterocycles. The Hall–Kier alpha value is -0.590. The van der Waals surface area contributed by atoms with Gasteiger partial charge in [0.2, 0.25) is 0 Å². The van der Waals surface area contributed by atoms with E-state index in [4.69, 9.17) is 0 Å². The van der Waals surface area contributed by atoms with E-state index in [0.29, 0.717) is 4.90 Å². The fourth-order valence-corrected chi connectivity index (χ4v) is 1.19. The van der Waals surface area contributed by atoms with Gasteiger partial charge in [-0.2, -0.15) is 13.2 Å². The average Bonchev–Trinajstić information content (AvgIpc) is 2.16. The largest absolute Gasteiger partial charge is 0.471 e. The van der Waals surface area contributed by atoms with Gasteiger partial charge in [-0.1, -0.05) is 15.9 Å². The monoisotopic (exact) mass is 289 g/mol. The number of rotatable bonds is 5. The topological polar surface area (TPSA) is 37.4 Å². The Morgan fingerprint density at radius 2 is 1.87 bits per heavy atom. The number of nitrogens with zero attached hydrogens (tertiary/aromatic N) is 1. The van der Waals surface area contributed by atoms with Crippen molar-refractivity contribution in [2.24, 2.45) is 0 Å². The van der Waals surface area contributed by atoms with E-state index in [-0.39, 0.29) is 30.6 Å². The lowest BCUT2D eigenvalue weighted by Gasteiger charge is -2.21. The first kappa shape index (κ1) is 14.4. The zero-order valence-corrected chi connectivity index (χ0v) is 9.69. The summed E-state index contributed by atoms with van der Waals surface area (Å²) in [7, 11) is 0. The number of ketones is 1. The van der Waals surface area contributed by atoms with Gasteiger partial charge in [0.05, 0.1) is 5.33 Å². The van der Waals surface area contributed by atoms with Crippen LogP contribution in [0.3, 0.4) is 0 Å². The summed E-state index contributed by atoms with van der Waals surface area (Å²) in [5.41, 5.74) is 0. The summed E-state index contributed by atoms with van der Waals surface area (Å²) in [6.45, 7) is 1.18. The summed E-state index contributed by atoms with van der Waals surface area (Å²) in [5.74, 6) is -2.13. The van der Waals surface area contributed by atoms with Gasteiger partial charge in [-0.05, 0) is 6.92 Å². The summed E-state index contributed by atoms with van der Waals surface area (Å²) < 4.78 is 36.0. The van der Waals surface area contributed by atoms with Crippen molar-refractivity contribution in [2.75, 3.05) is 18.4 Å². The van der Waals surface area contributed by atoms with Gasteiger partial charge in [0.1, 0.15) is 5.78 Å². The lowest BCUT2D eigenvalue weighted by molar-refractivity contribution is -0.185. The molecule has 0 unspecified atom stereocenters. The molecule has 0 aromatic carbocycles. The van der Waals surface area contributed by atoms with Crippen molar-refractivity contribution in [2.45, 2.75) is 19.5 Å². The lowest BCUT2D eigenvalue weighted by atomic mass is 10.3. The van der Waals surface area contributed by atoms with Gasteiger partial charge in [0, 0.05) is 19.5 Å². The number of alkyl halides is 4. The van der Waals surface area contributed by atoms with Gasteiger partial charge in [-0.3, -0.25) is 9.59 Å². The fraction of sp³-hybridized carbons (Fsp3) is 0.750. The predicted molar refractivity (Wildman–Crippen MR) is 51.7 cm³/mol. The zero-order chi connectivity index (χ0) is 12.1. The second kappa shape index (κ2) is 6.09. The first-order valence-corrected chi connectivity index (χ1v) is 5.38. The summed E-state index contributed by atoms with van der Waals surface area (Å²) in [4.78, 5) is 22.2. The highest BCUT2D eigenvalue weighted by Crippen LogP contribution is 2.18. The highest BCUT2D eigenvalue weighted by molar-refractivity contribution is 9.09. The van der Waals surface area contributed by atoms with Crippen molar-refractivity contribution < 1.29 is 22.8 Å². The van der Waals surface area contributed by atoms with Crippen LogP contribution < -0.4 is 0 Å². The number of Topliss-reactive ketones (excluding diaryl/α,β-unsaturated/α-hetero) is 1. The fourth-order valence-electron chi connectivity index (χ4n) is 0.909. The molecule has 0 aliphatic rings. The molecular weight excluding hydrogens is 279 g/mol. The van der Waals surface area contributed by atoms with Crippen LogP contribution in [0.15, 0.2) is 0 Å². The number of halogens is 4. The highest BCUT2D eigenvalue weighted by atomic mass is 79.9. The third-order valence-electron chi connectivity index (χ3n) is 1.72. The van der Waals surface area contributed by atoms with Gasteiger partial charge in [-0.25, -0.2) is 0 Å². The molecule has 3 nitrogen and oxygen atoms in total. The minimum absolute atomic E-state index is 0.0616. The first-order chi connectivity index (χ1) is 6.82. The van der Waals surface area contributed by atoms with E-state index in [1.54, 1.807) is 0 Å². The van der Waals surface area contributed by atoms with Crippen molar-refractivity contribution >= 4 is 27.6 Å². The molecule has 0 fully saturated rings. The van der Waals surface area contributed by atoms with Crippen LogP contribution in [0.1, 0.15) is 13.3 Å². The van der Waals surface area contributed by atoms with Crippen molar-refractivity contribution in [3.63, 3.8) is 0 Å². The predicted octanol–water partition coefficient (Wildman–Crippen LogP) is 1.75.